The summed E-state index contributed by atoms with van der Waals surface area (Å²) in [5.41, 5.74) is 2.59. The van der Waals surface area contributed by atoms with E-state index < -0.39 is 0 Å². The van der Waals surface area contributed by atoms with Crippen molar-refractivity contribution in [3.8, 4) is 0 Å². The molecule has 1 N–H and O–H groups in total. The molecule has 114 valence electrons. The third-order valence-electron chi connectivity index (χ3n) is 4.90. The van der Waals surface area contributed by atoms with E-state index >= 15 is 0 Å². The Morgan fingerprint density at radius 2 is 2.00 bits per heavy atom. The first kappa shape index (κ1) is 14.6. The number of hydrogen-bond acceptors (Lipinski definition) is 2. The Morgan fingerprint density at radius 1 is 1.19 bits per heavy atom. The zero-order chi connectivity index (χ0) is 14.7. The van der Waals surface area contributed by atoms with Gasteiger partial charge in [-0.25, -0.2) is 0 Å². The van der Waals surface area contributed by atoms with Crippen LogP contribution >= 0.6 is 0 Å². The zero-order valence-corrected chi connectivity index (χ0v) is 13.3. The fourth-order valence-electron chi connectivity index (χ4n) is 3.48. The van der Waals surface area contributed by atoms with Crippen molar-refractivity contribution >= 4 is 10.9 Å². The van der Waals surface area contributed by atoms with E-state index in [2.05, 4.69) is 48.1 Å². The van der Waals surface area contributed by atoms with Crippen LogP contribution in [0.2, 0.25) is 0 Å². The quantitative estimate of drug-likeness (QED) is 0.787. The van der Waals surface area contributed by atoms with Crippen LogP contribution in [0.25, 0.3) is 10.9 Å². The maximum atomic E-state index is 4.86. The zero-order valence-electron chi connectivity index (χ0n) is 13.3. The van der Waals surface area contributed by atoms with Crippen molar-refractivity contribution in [2.45, 2.75) is 46.1 Å². The molecule has 0 bridgehead atoms. The minimum atomic E-state index is 0.818. The lowest BCUT2D eigenvalue weighted by Gasteiger charge is -2.36. The first-order chi connectivity index (χ1) is 10.3. The van der Waals surface area contributed by atoms with Gasteiger partial charge < -0.3 is 5.32 Å². The number of rotatable bonds is 7. The van der Waals surface area contributed by atoms with Gasteiger partial charge >= 0.3 is 0 Å². The molecule has 0 radical (unpaired) electrons. The Bertz CT molecular complexity index is 587. The second-order valence-corrected chi connectivity index (χ2v) is 6.29. The summed E-state index contributed by atoms with van der Waals surface area (Å²) < 4.78 is 2.15. The van der Waals surface area contributed by atoms with Crippen molar-refractivity contribution in [2.75, 3.05) is 13.1 Å². The lowest BCUT2D eigenvalue weighted by atomic mass is 9.71. The number of fused-ring (bicyclic) bond motifs is 1. The summed E-state index contributed by atoms with van der Waals surface area (Å²) >= 11 is 0. The Hall–Kier alpha value is -1.35. The van der Waals surface area contributed by atoms with E-state index in [4.69, 9.17) is 5.10 Å². The van der Waals surface area contributed by atoms with E-state index in [1.807, 2.05) is 0 Å². The molecule has 1 aromatic heterocycles. The normalized spacial score (nSPS) is 21.6. The summed E-state index contributed by atoms with van der Waals surface area (Å²) in [6, 6.07) is 8.67. The molecule has 3 nitrogen and oxygen atoms in total. The molecule has 2 atom stereocenters. The van der Waals surface area contributed by atoms with Crippen LogP contribution in [0.4, 0.5) is 0 Å². The fraction of sp³-hybridized carbons (Fsp3) is 0.611. The molecule has 0 aliphatic heterocycles. The molecule has 2 unspecified atom stereocenters. The minimum Gasteiger partial charge on any atom is -0.316 e. The SMILES string of the molecule is CCCNCC1CCC1Cc1nn(CC)c2ccccc12. The standard InChI is InChI=1S/C18H27N3/c1-3-11-19-13-15-10-9-14(15)12-17-16-7-5-6-8-18(16)21(4-2)20-17/h5-8,14-15,19H,3-4,9-13H2,1-2H3. The summed E-state index contributed by atoms with van der Waals surface area (Å²) in [6.45, 7) is 7.69. The maximum Gasteiger partial charge on any atom is 0.0706 e. The van der Waals surface area contributed by atoms with Gasteiger partial charge in [0, 0.05) is 11.9 Å². The van der Waals surface area contributed by atoms with Gasteiger partial charge in [-0.2, -0.15) is 5.10 Å². The van der Waals surface area contributed by atoms with Gasteiger partial charge in [0.05, 0.1) is 11.2 Å². The van der Waals surface area contributed by atoms with E-state index in [1.54, 1.807) is 0 Å². The molecular weight excluding hydrogens is 258 g/mol. The van der Waals surface area contributed by atoms with Gasteiger partial charge in [0.25, 0.3) is 0 Å². The van der Waals surface area contributed by atoms with Crippen LogP contribution < -0.4 is 5.32 Å². The molecule has 0 spiro atoms. The molecule has 1 aliphatic carbocycles. The first-order valence-corrected chi connectivity index (χ1v) is 8.48. The molecule has 3 heteroatoms. The van der Waals surface area contributed by atoms with Crippen LogP contribution in [0.3, 0.4) is 0 Å². The number of nitrogens with zero attached hydrogens (tertiary/aromatic N) is 2. The molecule has 0 amide bonds. The van der Waals surface area contributed by atoms with E-state index in [0.717, 1.165) is 31.3 Å². The van der Waals surface area contributed by atoms with E-state index in [9.17, 15) is 0 Å². The first-order valence-electron chi connectivity index (χ1n) is 8.48. The van der Waals surface area contributed by atoms with Crippen molar-refractivity contribution in [3.05, 3.63) is 30.0 Å². The van der Waals surface area contributed by atoms with Crippen molar-refractivity contribution in [1.29, 1.82) is 0 Å². The summed E-state index contributed by atoms with van der Waals surface area (Å²) in [4.78, 5) is 0. The summed E-state index contributed by atoms with van der Waals surface area (Å²) in [6.07, 6.45) is 5.12. The average Bonchev–Trinajstić information content (AvgIpc) is 2.86. The van der Waals surface area contributed by atoms with E-state index in [-0.39, 0.29) is 0 Å². The Balaban J connectivity index is 1.70. The van der Waals surface area contributed by atoms with Crippen molar-refractivity contribution in [3.63, 3.8) is 0 Å². The van der Waals surface area contributed by atoms with Crippen molar-refractivity contribution in [2.24, 2.45) is 11.8 Å². The molecule has 0 saturated heterocycles. The van der Waals surface area contributed by atoms with Crippen molar-refractivity contribution in [1.82, 2.24) is 15.1 Å². The predicted octanol–water partition coefficient (Wildman–Crippen LogP) is 3.62. The highest BCUT2D eigenvalue weighted by atomic mass is 15.3. The Morgan fingerprint density at radius 3 is 2.71 bits per heavy atom. The molecule has 3 rings (SSSR count). The second-order valence-electron chi connectivity index (χ2n) is 6.29. The molecule has 2 aromatic rings. The van der Waals surface area contributed by atoms with Crippen molar-refractivity contribution < 1.29 is 0 Å². The summed E-state index contributed by atoms with van der Waals surface area (Å²) in [5.74, 6) is 1.67. The largest absolute Gasteiger partial charge is 0.316 e. The number of nitrogens with one attached hydrogen (secondary N) is 1. The summed E-state index contributed by atoms with van der Waals surface area (Å²) in [7, 11) is 0. The molecule has 1 aliphatic rings. The maximum absolute atomic E-state index is 4.86. The number of para-hydroxylation sites is 1. The van der Waals surface area contributed by atoms with Gasteiger partial charge in [-0.1, -0.05) is 25.1 Å². The van der Waals surface area contributed by atoms with Crippen LogP contribution in [0, 0.1) is 11.8 Å². The third kappa shape index (κ3) is 2.98. The Kier molecular flexibility index (Phi) is 4.59. The van der Waals surface area contributed by atoms with Gasteiger partial charge in [-0.05, 0) is 63.6 Å². The van der Waals surface area contributed by atoms with Crippen LogP contribution in [0.1, 0.15) is 38.8 Å². The highest BCUT2D eigenvalue weighted by Gasteiger charge is 2.31. The molecule has 1 aromatic carbocycles. The predicted molar refractivity (Wildman–Crippen MR) is 88.5 cm³/mol. The lowest BCUT2D eigenvalue weighted by molar-refractivity contribution is 0.170. The second kappa shape index (κ2) is 6.61. The van der Waals surface area contributed by atoms with Gasteiger partial charge in [0.15, 0.2) is 0 Å². The van der Waals surface area contributed by atoms with Crippen LogP contribution in [-0.2, 0) is 13.0 Å². The molecule has 1 fully saturated rings. The number of hydrogen-bond donors (Lipinski definition) is 1. The minimum absolute atomic E-state index is 0.818. The van der Waals surface area contributed by atoms with Gasteiger partial charge in [0.1, 0.15) is 0 Å². The Labute approximate surface area is 127 Å². The van der Waals surface area contributed by atoms with Crippen LogP contribution in [-0.4, -0.2) is 22.9 Å². The number of aromatic nitrogens is 2. The number of benzene rings is 1. The van der Waals surface area contributed by atoms with Gasteiger partial charge in [-0.3, -0.25) is 4.68 Å². The van der Waals surface area contributed by atoms with Crippen LogP contribution in [0.15, 0.2) is 24.3 Å². The van der Waals surface area contributed by atoms with Gasteiger partial charge in [-0.15, -0.1) is 0 Å². The molecular formula is C18H27N3. The highest BCUT2D eigenvalue weighted by Crippen LogP contribution is 2.37. The smallest absolute Gasteiger partial charge is 0.0706 e. The monoisotopic (exact) mass is 285 g/mol. The summed E-state index contributed by atoms with van der Waals surface area (Å²) in [5, 5.41) is 9.79. The average molecular weight is 285 g/mol. The lowest BCUT2D eigenvalue weighted by Crippen LogP contribution is -2.36. The van der Waals surface area contributed by atoms with E-state index in [1.165, 1.54) is 42.4 Å². The molecule has 1 saturated carbocycles. The molecule has 1 heterocycles. The number of aryl methyl sites for hydroxylation is 1. The third-order valence-corrected chi connectivity index (χ3v) is 4.90. The molecule has 21 heavy (non-hydrogen) atoms. The topological polar surface area (TPSA) is 29.9 Å². The van der Waals surface area contributed by atoms with E-state index in [0.29, 0.717) is 0 Å². The van der Waals surface area contributed by atoms with Crippen LogP contribution in [0.5, 0.6) is 0 Å². The van der Waals surface area contributed by atoms with Gasteiger partial charge in [0.2, 0.25) is 0 Å². The fourth-order valence-corrected chi connectivity index (χ4v) is 3.48. The highest BCUT2D eigenvalue weighted by molar-refractivity contribution is 5.81.